The first-order chi connectivity index (χ1) is 8.50. The van der Waals surface area contributed by atoms with E-state index in [9.17, 15) is 0 Å². The molecule has 2 aromatic carbocycles. The first-order valence-corrected chi connectivity index (χ1v) is 8.22. The Bertz CT molecular complexity index is 581. The maximum absolute atomic E-state index is 6.24. The number of benzene rings is 2. The van der Waals surface area contributed by atoms with E-state index in [0.717, 1.165) is 25.1 Å². The maximum atomic E-state index is 6.24. The van der Waals surface area contributed by atoms with Crippen molar-refractivity contribution in [3.8, 4) is 0 Å². The van der Waals surface area contributed by atoms with Gasteiger partial charge in [-0.25, -0.2) is 0 Å². The molecule has 0 saturated carbocycles. The Morgan fingerprint density at radius 2 is 1.67 bits per heavy atom. The summed E-state index contributed by atoms with van der Waals surface area (Å²) in [6.45, 7) is 2.07. The summed E-state index contributed by atoms with van der Waals surface area (Å²) >= 11 is 17.1. The lowest BCUT2D eigenvalue weighted by molar-refractivity contribution is 1.15. The molecule has 94 valence electrons. The van der Waals surface area contributed by atoms with Crippen LogP contribution >= 0.6 is 59.4 Å². The topological polar surface area (TPSA) is 0 Å². The van der Waals surface area contributed by atoms with Crippen molar-refractivity contribution < 1.29 is 0 Å². The Kier molecular flexibility index (Phi) is 4.92. The van der Waals surface area contributed by atoms with Crippen molar-refractivity contribution in [3.05, 3.63) is 67.1 Å². The van der Waals surface area contributed by atoms with Crippen LogP contribution in [0.2, 0.25) is 5.02 Å². The fourth-order valence-electron chi connectivity index (χ4n) is 1.70. The summed E-state index contributed by atoms with van der Waals surface area (Å²) in [6.07, 6.45) is 0. The molecule has 2 rings (SSSR count). The third-order valence-corrected chi connectivity index (χ3v) is 5.60. The number of aryl methyl sites for hydroxylation is 1. The molecular formula is C14H10Br3Cl. The minimum absolute atomic E-state index is 0.0671. The monoisotopic (exact) mass is 450 g/mol. The Morgan fingerprint density at radius 1 is 1.00 bits per heavy atom. The van der Waals surface area contributed by atoms with E-state index in [1.807, 2.05) is 24.3 Å². The van der Waals surface area contributed by atoms with Crippen molar-refractivity contribution in [2.75, 3.05) is 0 Å². The van der Waals surface area contributed by atoms with Crippen LogP contribution in [0.5, 0.6) is 0 Å². The number of hydrogen-bond acceptors (Lipinski definition) is 0. The summed E-state index contributed by atoms with van der Waals surface area (Å²) in [7, 11) is 0. The van der Waals surface area contributed by atoms with Gasteiger partial charge in [0, 0.05) is 14.0 Å². The van der Waals surface area contributed by atoms with Gasteiger partial charge in [-0.3, -0.25) is 0 Å². The van der Waals surface area contributed by atoms with Crippen molar-refractivity contribution in [1.82, 2.24) is 0 Å². The second-order valence-electron chi connectivity index (χ2n) is 4.01. The van der Waals surface area contributed by atoms with Gasteiger partial charge in [0.1, 0.15) is 0 Å². The van der Waals surface area contributed by atoms with Crippen molar-refractivity contribution in [2.24, 2.45) is 0 Å². The molecule has 1 unspecified atom stereocenters. The maximum Gasteiger partial charge on any atom is 0.0670 e. The molecule has 0 amide bonds. The number of rotatable bonds is 2. The van der Waals surface area contributed by atoms with Gasteiger partial charge >= 0.3 is 0 Å². The van der Waals surface area contributed by atoms with E-state index in [1.165, 1.54) is 5.56 Å². The zero-order valence-corrected chi connectivity index (χ0v) is 15.1. The molecule has 1 atom stereocenters. The molecule has 0 aliphatic heterocycles. The summed E-state index contributed by atoms with van der Waals surface area (Å²) in [5, 5.41) is 0.767. The highest BCUT2D eigenvalue weighted by Gasteiger charge is 2.17. The molecule has 4 heteroatoms. The van der Waals surface area contributed by atoms with Crippen LogP contribution in [0, 0.1) is 6.92 Å². The number of hydrogen-bond donors (Lipinski definition) is 0. The summed E-state index contributed by atoms with van der Waals surface area (Å²) < 4.78 is 2.17. The molecule has 0 aliphatic carbocycles. The van der Waals surface area contributed by atoms with Gasteiger partial charge in [0.05, 0.1) is 4.83 Å². The van der Waals surface area contributed by atoms with E-state index in [1.54, 1.807) is 0 Å². The average molecular weight is 453 g/mol. The predicted molar refractivity (Wildman–Crippen MR) is 88.8 cm³/mol. The second-order valence-corrected chi connectivity index (χ2v) is 7.04. The van der Waals surface area contributed by atoms with E-state index < -0.39 is 0 Å². The highest BCUT2D eigenvalue weighted by Crippen LogP contribution is 2.40. The van der Waals surface area contributed by atoms with E-state index in [-0.39, 0.29) is 4.83 Å². The van der Waals surface area contributed by atoms with Gasteiger partial charge in [0.2, 0.25) is 0 Å². The van der Waals surface area contributed by atoms with Gasteiger partial charge < -0.3 is 0 Å². The summed E-state index contributed by atoms with van der Waals surface area (Å²) in [6, 6.07) is 12.1. The Labute approximate surface area is 137 Å². The second kappa shape index (κ2) is 6.08. The molecule has 0 aliphatic rings. The fourth-order valence-corrected chi connectivity index (χ4v) is 4.21. The van der Waals surface area contributed by atoms with Crippen LogP contribution in [0.15, 0.2) is 45.3 Å². The van der Waals surface area contributed by atoms with Crippen LogP contribution in [-0.2, 0) is 0 Å². The standard InChI is InChI=1S/C14H10Br3Cl/c1-8-6-12(16)10(7-11(8)15)14(17)9-4-2-3-5-13(9)18/h2-7,14H,1H3. The van der Waals surface area contributed by atoms with Crippen LogP contribution in [0.3, 0.4) is 0 Å². The third-order valence-electron chi connectivity index (χ3n) is 2.73. The molecule has 0 radical (unpaired) electrons. The third kappa shape index (κ3) is 3.01. The molecular weight excluding hydrogens is 443 g/mol. The van der Waals surface area contributed by atoms with Gasteiger partial charge in [-0.1, -0.05) is 77.6 Å². The van der Waals surface area contributed by atoms with Gasteiger partial charge in [-0.2, -0.15) is 0 Å². The fraction of sp³-hybridized carbons (Fsp3) is 0.143. The average Bonchev–Trinajstić information content (AvgIpc) is 2.33. The Balaban J connectivity index is 2.50. The van der Waals surface area contributed by atoms with Crippen molar-refractivity contribution in [3.63, 3.8) is 0 Å². The van der Waals surface area contributed by atoms with E-state index in [2.05, 4.69) is 66.8 Å². The van der Waals surface area contributed by atoms with Crippen LogP contribution in [0.1, 0.15) is 21.5 Å². The molecule has 0 bridgehead atoms. The minimum atomic E-state index is 0.0671. The first kappa shape index (κ1) is 14.6. The highest BCUT2D eigenvalue weighted by atomic mass is 79.9. The molecule has 0 saturated heterocycles. The van der Waals surface area contributed by atoms with Crippen LogP contribution < -0.4 is 0 Å². The van der Waals surface area contributed by atoms with E-state index >= 15 is 0 Å². The highest BCUT2D eigenvalue weighted by molar-refractivity contribution is 9.11. The minimum Gasteiger partial charge on any atom is -0.0840 e. The predicted octanol–water partition coefficient (Wildman–Crippen LogP) is 6.66. The zero-order valence-electron chi connectivity index (χ0n) is 9.55. The summed E-state index contributed by atoms with van der Waals surface area (Å²) in [5.74, 6) is 0. The van der Waals surface area contributed by atoms with Crippen molar-refractivity contribution >= 4 is 59.4 Å². The van der Waals surface area contributed by atoms with Gasteiger partial charge in [-0.15, -0.1) is 0 Å². The Morgan fingerprint density at radius 3 is 2.33 bits per heavy atom. The van der Waals surface area contributed by atoms with Crippen molar-refractivity contribution in [1.29, 1.82) is 0 Å². The van der Waals surface area contributed by atoms with Gasteiger partial charge in [0.25, 0.3) is 0 Å². The largest absolute Gasteiger partial charge is 0.0840 e. The lowest BCUT2D eigenvalue weighted by atomic mass is 10.0. The van der Waals surface area contributed by atoms with Crippen molar-refractivity contribution in [2.45, 2.75) is 11.8 Å². The number of halogens is 4. The van der Waals surface area contributed by atoms with E-state index in [4.69, 9.17) is 11.6 Å². The van der Waals surface area contributed by atoms with Crippen LogP contribution in [-0.4, -0.2) is 0 Å². The molecule has 0 nitrogen and oxygen atoms in total. The smallest absolute Gasteiger partial charge is 0.0670 e. The molecule has 0 fully saturated rings. The summed E-state index contributed by atoms with van der Waals surface area (Å²) in [5.41, 5.74) is 3.42. The zero-order chi connectivity index (χ0) is 13.3. The number of alkyl halides is 1. The van der Waals surface area contributed by atoms with Gasteiger partial charge in [-0.05, 0) is 41.8 Å². The van der Waals surface area contributed by atoms with Crippen LogP contribution in [0.4, 0.5) is 0 Å². The molecule has 0 N–H and O–H groups in total. The van der Waals surface area contributed by atoms with Crippen LogP contribution in [0.25, 0.3) is 0 Å². The lowest BCUT2D eigenvalue weighted by Crippen LogP contribution is -1.96. The van der Waals surface area contributed by atoms with Gasteiger partial charge in [0.15, 0.2) is 0 Å². The Hall–Kier alpha value is 0.170. The summed E-state index contributed by atoms with van der Waals surface area (Å²) in [4.78, 5) is 0.0671. The molecule has 0 heterocycles. The first-order valence-electron chi connectivity index (χ1n) is 5.34. The molecule has 18 heavy (non-hydrogen) atoms. The molecule has 0 spiro atoms. The van der Waals surface area contributed by atoms with E-state index in [0.29, 0.717) is 0 Å². The quantitative estimate of drug-likeness (QED) is 0.446. The lowest BCUT2D eigenvalue weighted by Gasteiger charge is -2.15. The molecule has 2 aromatic rings. The normalized spacial score (nSPS) is 12.5. The SMILES string of the molecule is Cc1cc(Br)c(C(Br)c2ccccc2Cl)cc1Br. The molecule has 0 aromatic heterocycles.